The van der Waals surface area contributed by atoms with Crippen LogP contribution in [0.3, 0.4) is 0 Å². The molecule has 0 aliphatic carbocycles. The van der Waals surface area contributed by atoms with Gasteiger partial charge in [0.25, 0.3) is 0 Å². The van der Waals surface area contributed by atoms with Gasteiger partial charge in [-0.25, -0.2) is 0 Å². The molecule has 0 radical (unpaired) electrons. The van der Waals surface area contributed by atoms with Crippen LogP contribution in [0.1, 0.15) is 13.8 Å². The number of halogens is 1. The monoisotopic (exact) mass is 286 g/mol. The predicted molar refractivity (Wildman–Crippen MR) is 76.1 cm³/mol. The Morgan fingerprint density at radius 1 is 1.26 bits per heavy atom. The smallest absolute Gasteiger partial charge is 0.241 e. The molecule has 0 saturated carbocycles. The van der Waals surface area contributed by atoms with Gasteiger partial charge in [-0.15, -0.1) is 12.4 Å². The molecule has 1 aromatic carbocycles. The molecule has 1 unspecified atom stereocenters. The number of benzene rings is 1. The number of hydrogen-bond acceptors (Lipinski definition) is 4. The van der Waals surface area contributed by atoms with Crippen LogP contribution >= 0.6 is 12.4 Å². The van der Waals surface area contributed by atoms with Gasteiger partial charge in [0.05, 0.1) is 6.04 Å². The van der Waals surface area contributed by atoms with Gasteiger partial charge in [0.15, 0.2) is 11.5 Å². The third-order valence-electron chi connectivity index (χ3n) is 2.83. The number of carbonyl (C=O) groups is 1. The van der Waals surface area contributed by atoms with Gasteiger partial charge >= 0.3 is 0 Å². The number of rotatable bonds is 3. The first kappa shape index (κ1) is 15.6. The zero-order valence-electron chi connectivity index (χ0n) is 11.0. The standard InChI is InChI=1S/C13H18N2O3.ClH/c1-8(2)12(14)13(16)15-9-3-4-10-11(7-9)18-6-5-17-10;/h3-4,7-8,12H,5-6,14H2,1-2H3,(H,15,16);1H. The van der Waals surface area contributed by atoms with Crippen LogP contribution in [0.5, 0.6) is 11.5 Å². The summed E-state index contributed by atoms with van der Waals surface area (Å²) in [7, 11) is 0. The number of amides is 1. The van der Waals surface area contributed by atoms with E-state index in [1.165, 1.54) is 0 Å². The topological polar surface area (TPSA) is 73.6 Å². The van der Waals surface area contributed by atoms with Crippen LogP contribution in [0.4, 0.5) is 5.69 Å². The highest BCUT2D eigenvalue weighted by molar-refractivity contribution is 5.95. The Morgan fingerprint density at radius 2 is 1.89 bits per heavy atom. The molecule has 19 heavy (non-hydrogen) atoms. The molecule has 0 spiro atoms. The van der Waals surface area contributed by atoms with E-state index in [0.717, 1.165) is 0 Å². The average molecular weight is 287 g/mol. The van der Waals surface area contributed by atoms with Crippen LogP contribution < -0.4 is 20.5 Å². The lowest BCUT2D eigenvalue weighted by Gasteiger charge is -2.20. The summed E-state index contributed by atoms with van der Waals surface area (Å²) in [5, 5.41) is 2.77. The molecule has 1 aromatic rings. The van der Waals surface area contributed by atoms with Gasteiger partial charge < -0.3 is 20.5 Å². The highest BCUT2D eigenvalue weighted by atomic mass is 35.5. The molecule has 1 atom stereocenters. The van der Waals surface area contributed by atoms with E-state index < -0.39 is 6.04 Å². The Hall–Kier alpha value is -1.46. The van der Waals surface area contributed by atoms with Crippen molar-refractivity contribution in [3.63, 3.8) is 0 Å². The second-order valence-electron chi connectivity index (χ2n) is 4.62. The zero-order chi connectivity index (χ0) is 13.1. The number of carbonyl (C=O) groups excluding carboxylic acids is 1. The molecule has 3 N–H and O–H groups in total. The van der Waals surface area contributed by atoms with Gasteiger partial charge in [-0.3, -0.25) is 4.79 Å². The fourth-order valence-corrected chi connectivity index (χ4v) is 1.65. The van der Waals surface area contributed by atoms with Crippen LogP contribution in [-0.4, -0.2) is 25.2 Å². The molecule has 1 aliphatic heterocycles. The van der Waals surface area contributed by atoms with E-state index >= 15 is 0 Å². The lowest BCUT2D eigenvalue weighted by molar-refractivity contribution is -0.118. The minimum atomic E-state index is -0.516. The summed E-state index contributed by atoms with van der Waals surface area (Å²) >= 11 is 0. The largest absolute Gasteiger partial charge is 0.486 e. The Bertz CT molecular complexity index is 452. The van der Waals surface area contributed by atoms with Gasteiger partial charge in [-0.1, -0.05) is 13.8 Å². The summed E-state index contributed by atoms with van der Waals surface area (Å²) in [6.45, 7) is 4.90. The lowest BCUT2D eigenvalue weighted by atomic mass is 10.0. The number of anilines is 1. The molecule has 0 saturated heterocycles. The third kappa shape index (κ3) is 3.75. The minimum absolute atomic E-state index is 0. The molecule has 106 valence electrons. The molecule has 0 fully saturated rings. The number of fused-ring (bicyclic) bond motifs is 1. The van der Waals surface area contributed by atoms with Gasteiger partial charge in [0.2, 0.25) is 5.91 Å². The second-order valence-corrected chi connectivity index (χ2v) is 4.62. The molecule has 1 amide bonds. The van der Waals surface area contributed by atoms with E-state index in [9.17, 15) is 4.79 Å². The van der Waals surface area contributed by atoms with E-state index in [1.54, 1.807) is 18.2 Å². The van der Waals surface area contributed by atoms with Crippen LogP contribution in [0.25, 0.3) is 0 Å². The maximum absolute atomic E-state index is 11.8. The SMILES string of the molecule is CC(C)C(N)C(=O)Nc1ccc2c(c1)OCCO2.Cl. The summed E-state index contributed by atoms with van der Waals surface area (Å²) in [5.74, 6) is 1.26. The molecule has 0 bridgehead atoms. The maximum Gasteiger partial charge on any atom is 0.241 e. The van der Waals surface area contributed by atoms with Crippen LogP contribution in [0.15, 0.2) is 18.2 Å². The van der Waals surface area contributed by atoms with Crippen molar-refractivity contribution in [1.29, 1.82) is 0 Å². The van der Waals surface area contributed by atoms with E-state index in [-0.39, 0.29) is 24.2 Å². The Kier molecular flexibility index (Phi) is 5.44. The minimum Gasteiger partial charge on any atom is -0.486 e. The Morgan fingerprint density at radius 3 is 2.53 bits per heavy atom. The average Bonchev–Trinajstić information content (AvgIpc) is 2.37. The van der Waals surface area contributed by atoms with Crippen molar-refractivity contribution in [2.24, 2.45) is 11.7 Å². The third-order valence-corrected chi connectivity index (χ3v) is 2.83. The van der Waals surface area contributed by atoms with Crippen molar-refractivity contribution < 1.29 is 14.3 Å². The van der Waals surface area contributed by atoms with E-state index in [1.807, 2.05) is 13.8 Å². The Balaban J connectivity index is 0.00000180. The molecule has 2 rings (SSSR count). The van der Waals surface area contributed by atoms with Crippen molar-refractivity contribution in [2.45, 2.75) is 19.9 Å². The highest BCUT2D eigenvalue weighted by Crippen LogP contribution is 2.32. The van der Waals surface area contributed by atoms with Crippen molar-refractivity contribution in [2.75, 3.05) is 18.5 Å². The number of ether oxygens (including phenoxy) is 2. The number of nitrogens with two attached hydrogens (primary N) is 1. The normalized spacial score (nSPS) is 14.5. The first-order valence-electron chi connectivity index (χ1n) is 6.04. The molecular formula is C13H19ClN2O3. The predicted octanol–water partition coefficient (Wildman–Crippen LogP) is 1.80. The maximum atomic E-state index is 11.8. The van der Waals surface area contributed by atoms with Crippen molar-refractivity contribution in [3.8, 4) is 11.5 Å². The fourth-order valence-electron chi connectivity index (χ4n) is 1.65. The van der Waals surface area contributed by atoms with E-state index in [4.69, 9.17) is 15.2 Å². The van der Waals surface area contributed by atoms with Crippen molar-refractivity contribution in [3.05, 3.63) is 18.2 Å². The molecule has 6 heteroatoms. The fraction of sp³-hybridized carbons (Fsp3) is 0.462. The van der Waals surface area contributed by atoms with E-state index in [2.05, 4.69) is 5.32 Å². The van der Waals surface area contributed by atoms with Gasteiger partial charge in [0, 0.05) is 11.8 Å². The van der Waals surface area contributed by atoms with Gasteiger partial charge in [0.1, 0.15) is 13.2 Å². The first-order chi connectivity index (χ1) is 8.58. The number of nitrogens with one attached hydrogen (secondary N) is 1. The van der Waals surface area contributed by atoms with Gasteiger partial charge in [-0.05, 0) is 18.1 Å². The summed E-state index contributed by atoms with van der Waals surface area (Å²) < 4.78 is 10.9. The quantitative estimate of drug-likeness (QED) is 0.889. The van der Waals surface area contributed by atoms with Crippen LogP contribution in [-0.2, 0) is 4.79 Å². The zero-order valence-corrected chi connectivity index (χ0v) is 11.8. The van der Waals surface area contributed by atoms with E-state index in [0.29, 0.717) is 30.4 Å². The van der Waals surface area contributed by atoms with Crippen molar-refractivity contribution in [1.82, 2.24) is 0 Å². The van der Waals surface area contributed by atoms with Gasteiger partial charge in [-0.2, -0.15) is 0 Å². The summed E-state index contributed by atoms with van der Waals surface area (Å²) in [6.07, 6.45) is 0. The Labute approximate surface area is 118 Å². The van der Waals surface area contributed by atoms with Crippen LogP contribution in [0.2, 0.25) is 0 Å². The molecule has 5 nitrogen and oxygen atoms in total. The summed E-state index contributed by atoms with van der Waals surface area (Å²) in [4.78, 5) is 11.8. The number of hydrogen-bond donors (Lipinski definition) is 2. The molecular weight excluding hydrogens is 268 g/mol. The molecule has 1 heterocycles. The van der Waals surface area contributed by atoms with Crippen molar-refractivity contribution >= 4 is 24.0 Å². The van der Waals surface area contributed by atoms with Crippen LogP contribution in [0, 0.1) is 5.92 Å². The molecule has 0 aromatic heterocycles. The lowest BCUT2D eigenvalue weighted by Crippen LogP contribution is -2.39. The second kappa shape index (κ2) is 6.63. The summed E-state index contributed by atoms with van der Waals surface area (Å²) in [6, 6.07) is 4.79. The summed E-state index contributed by atoms with van der Waals surface area (Å²) in [5.41, 5.74) is 6.44. The molecule has 1 aliphatic rings. The first-order valence-corrected chi connectivity index (χ1v) is 6.04. The highest BCUT2D eigenvalue weighted by Gasteiger charge is 2.18.